The van der Waals surface area contributed by atoms with Crippen LogP contribution in [-0.4, -0.2) is 86.5 Å². The maximum atomic E-state index is 13.2. The van der Waals surface area contributed by atoms with Crippen LogP contribution in [0.3, 0.4) is 0 Å². The van der Waals surface area contributed by atoms with Crippen LogP contribution in [-0.2, 0) is 14.3 Å². The quantitative estimate of drug-likeness (QED) is 0.502. The second kappa shape index (κ2) is 13.2. The van der Waals surface area contributed by atoms with E-state index in [4.69, 9.17) is 4.74 Å². The number of hydrogen-bond acceptors (Lipinski definition) is 5. The van der Waals surface area contributed by atoms with Crippen LogP contribution in [0.5, 0.6) is 0 Å². The number of nitrogens with zero attached hydrogens (tertiary/aromatic N) is 2. The normalized spacial score (nSPS) is 15.5. The highest BCUT2D eigenvalue weighted by molar-refractivity contribution is 5.98. The largest absolute Gasteiger partial charge is 0.385 e. The van der Waals surface area contributed by atoms with Crippen LogP contribution in [0.25, 0.3) is 0 Å². The van der Waals surface area contributed by atoms with Gasteiger partial charge in [0.25, 0.3) is 5.91 Å². The number of piperazine rings is 1. The predicted molar refractivity (Wildman–Crippen MR) is 124 cm³/mol. The third-order valence-electron chi connectivity index (χ3n) is 5.60. The Hall–Kier alpha value is -2.45. The summed E-state index contributed by atoms with van der Waals surface area (Å²) in [6, 6.07) is 6.83. The molecule has 1 atom stereocenters. The first-order valence-corrected chi connectivity index (χ1v) is 11.4. The van der Waals surface area contributed by atoms with Gasteiger partial charge in [-0.2, -0.15) is 0 Å². The second-order valence-electron chi connectivity index (χ2n) is 8.77. The van der Waals surface area contributed by atoms with Crippen LogP contribution in [0.4, 0.5) is 0 Å². The number of nitrogens with one attached hydrogen (secondary N) is 2. The topological polar surface area (TPSA) is 91.0 Å². The molecule has 1 heterocycles. The summed E-state index contributed by atoms with van der Waals surface area (Å²) in [7, 11) is 1.64. The van der Waals surface area contributed by atoms with Crippen molar-refractivity contribution in [2.75, 3.05) is 53.0 Å². The SMILES string of the molecule is COCCCNC(=O)CN1CCN(C(=O)C(CC(C)C)NC(=O)c2ccccc2C)CC1. The van der Waals surface area contributed by atoms with E-state index < -0.39 is 6.04 Å². The van der Waals surface area contributed by atoms with Crippen molar-refractivity contribution < 1.29 is 19.1 Å². The molecule has 2 rings (SSSR count). The lowest BCUT2D eigenvalue weighted by atomic mass is 10.0. The van der Waals surface area contributed by atoms with Crippen LogP contribution in [0, 0.1) is 12.8 Å². The van der Waals surface area contributed by atoms with E-state index in [2.05, 4.69) is 15.5 Å². The number of rotatable bonds is 11. The Morgan fingerprint density at radius 3 is 2.41 bits per heavy atom. The number of aryl methyl sites for hydroxylation is 1. The van der Waals surface area contributed by atoms with Gasteiger partial charge >= 0.3 is 0 Å². The highest BCUT2D eigenvalue weighted by Crippen LogP contribution is 2.13. The number of hydrogen-bond donors (Lipinski definition) is 2. The van der Waals surface area contributed by atoms with Gasteiger partial charge in [-0.1, -0.05) is 32.0 Å². The number of methoxy groups -OCH3 is 1. The van der Waals surface area contributed by atoms with Gasteiger partial charge in [-0.05, 0) is 37.3 Å². The number of carbonyl (C=O) groups excluding carboxylic acids is 3. The summed E-state index contributed by atoms with van der Waals surface area (Å²) in [6.07, 6.45) is 1.37. The molecular weight excluding hydrogens is 408 g/mol. The van der Waals surface area contributed by atoms with Gasteiger partial charge in [0.15, 0.2) is 0 Å². The van der Waals surface area contributed by atoms with Crippen LogP contribution in [0.15, 0.2) is 24.3 Å². The van der Waals surface area contributed by atoms with Gasteiger partial charge in [0.05, 0.1) is 6.54 Å². The smallest absolute Gasteiger partial charge is 0.252 e. The maximum Gasteiger partial charge on any atom is 0.252 e. The van der Waals surface area contributed by atoms with Crippen molar-refractivity contribution in [1.29, 1.82) is 0 Å². The Morgan fingerprint density at radius 1 is 1.09 bits per heavy atom. The minimum atomic E-state index is -0.558. The zero-order valence-corrected chi connectivity index (χ0v) is 19.9. The number of benzene rings is 1. The van der Waals surface area contributed by atoms with Crippen molar-refractivity contribution in [1.82, 2.24) is 20.4 Å². The summed E-state index contributed by atoms with van der Waals surface area (Å²) < 4.78 is 4.98. The number of amides is 3. The Balaban J connectivity index is 1.88. The molecule has 2 N–H and O–H groups in total. The van der Waals surface area contributed by atoms with E-state index in [1.807, 2.05) is 39.0 Å². The summed E-state index contributed by atoms with van der Waals surface area (Å²) in [5.74, 6) is -0.0107. The van der Waals surface area contributed by atoms with Crippen LogP contribution in [0.2, 0.25) is 0 Å². The highest BCUT2D eigenvalue weighted by atomic mass is 16.5. The summed E-state index contributed by atoms with van der Waals surface area (Å²) in [4.78, 5) is 42.0. The summed E-state index contributed by atoms with van der Waals surface area (Å²) in [5, 5.41) is 5.85. The second-order valence-corrected chi connectivity index (χ2v) is 8.77. The van der Waals surface area contributed by atoms with Crippen molar-refractivity contribution >= 4 is 17.7 Å². The molecule has 0 aliphatic carbocycles. The molecule has 1 aromatic rings. The summed E-state index contributed by atoms with van der Waals surface area (Å²) in [5.41, 5.74) is 1.48. The lowest BCUT2D eigenvalue weighted by molar-refractivity contribution is -0.135. The van der Waals surface area contributed by atoms with Crippen molar-refractivity contribution in [3.05, 3.63) is 35.4 Å². The first-order valence-electron chi connectivity index (χ1n) is 11.4. The first kappa shape index (κ1) is 25.8. The lowest BCUT2D eigenvalue weighted by Gasteiger charge is -2.36. The molecule has 0 spiro atoms. The van der Waals surface area contributed by atoms with Gasteiger partial charge in [-0.15, -0.1) is 0 Å². The van der Waals surface area contributed by atoms with Gasteiger partial charge in [0.2, 0.25) is 11.8 Å². The van der Waals surface area contributed by atoms with Gasteiger partial charge in [-0.3, -0.25) is 19.3 Å². The number of ether oxygens (including phenoxy) is 1. The fourth-order valence-corrected chi connectivity index (χ4v) is 3.81. The molecule has 0 radical (unpaired) electrons. The maximum absolute atomic E-state index is 13.2. The van der Waals surface area contributed by atoms with Gasteiger partial charge < -0.3 is 20.3 Å². The molecule has 1 aliphatic heterocycles. The molecule has 1 fully saturated rings. The molecule has 32 heavy (non-hydrogen) atoms. The van der Waals surface area contributed by atoms with E-state index in [0.29, 0.717) is 57.9 Å². The standard InChI is InChI=1S/C24H38N4O4/c1-18(2)16-21(26-23(30)20-9-6-5-8-19(20)3)24(31)28-13-11-27(12-14-28)17-22(29)25-10-7-15-32-4/h5-6,8-9,18,21H,7,10-17H2,1-4H3,(H,25,29)(H,26,30). The fraction of sp³-hybridized carbons (Fsp3) is 0.625. The molecule has 1 unspecified atom stereocenters. The van der Waals surface area contributed by atoms with E-state index in [0.717, 1.165) is 12.0 Å². The molecule has 1 aliphatic rings. The van der Waals surface area contributed by atoms with Gasteiger partial charge in [-0.25, -0.2) is 0 Å². The molecular formula is C24H38N4O4. The molecule has 1 aromatic carbocycles. The monoisotopic (exact) mass is 446 g/mol. The Bertz CT molecular complexity index is 760. The van der Waals surface area contributed by atoms with Crippen molar-refractivity contribution in [3.63, 3.8) is 0 Å². The van der Waals surface area contributed by atoms with E-state index in [-0.39, 0.29) is 23.6 Å². The molecule has 0 bridgehead atoms. The van der Waals surface area contributed by atoms with Gasteiger partial charge in [0, 0.05) is 52.0 Å². The Kier molecular flexibility index (Phi) is 10.6. The molecule has 0 aromatic heterocycles. The van der Waals surface area contributed by atoms with E-state index in [1.54, 1.807) is 18.1 Å². The molecule has 8 heteroatoms. The van der Waals surface area contributed by atoms with Crippen molar-refractivity contribution in [3.8, 4) is 0 Å². The summed E-state index contributed by atoms with van der Waals surface area (Å²) >= 11 is 0. The molecule has 178 valence electrons. The molecule has 1 saturated heterocycles. The van der Waals surface area contributed by atoms with Crippen molar-refractivity contribution in [2.24, 2.45) is 5.92 Å². The van der Waals surface area contributed by atoms with E-state index >= 15 is 0 Å². The Morgan fingerprint density at radius 2 is 1.78 bits per heavy atom. The fourth-order valence-electron chi connectivity index (χ4n) is 3.81. The predicted octanol–water partition coefficient (Wildman–Crippen LogP) is 1.44. The highest BCUT2D eigenvalue weighted by Gasteiger charge is 2.30. The van der Waals surface area contributed by atoms with Crippen LogP contribution in [0.1, 0.15) is 42.6 Å². The third-order valence-corrected chi connectivity index (χ3v) is 5.60. The first-order chi connectivity index (χ1) is 15.3. The van der Waals surface area contributed by atoms with Crippen LogP contribution >= 0.6 is 0 Å². The van der Waals surface area contributed by atoms with Gasteiger partial charge in [0.1, 0.15) is 6.04 Å². The molecule has 3 amide bonds. The van der Waals surface area contributed by atoms with E-state index in [9.17, 15) is 14.4 Å². The Labute approximate surface area is 191 Å². The average Bonchev–Trinajstić information content (AvgIpc) is 2.76. The minimum Gasteiger partial charge on any atom is -0.385 e. The van der Waals surface area contributed by atoms with E-state index in [1.165, 1.54) is 0 Å². The zero-order chi connectivity index (χ0) is 23.5. The number of carbonyl (C=O) groups is 3. The molecule has 0 saturated carbocycles. The molecule has 8 nitrogen and oxygen atoms in total. The lowest BCUT2D eigenvalue weighted by Crippen LogP contribution is -2.56. The minimum absolute atomic E-state index is 0.0101. The summed E-state index contributed by atoms with van der Waals surface area (Å²) in [6.45, 7) is 9.90. The van der Waals surface area contributed by atoms with Crippen LogP contribution < -0.4 is 10.6 Å². The zero-order valence-electron chi connectivity index (χ0n) is 19.9. The third kappa shape index (κ3) is 8.24. The average molecular weight is 447 g/mol. The van der Waals surface area contributed by atoms with Crippen molar-refractivity contribution in [2.45, 2.75) is 39.7 Å².